The summed E-state index contributed by atoms with van der Waals surface area (Å²) in [6.45, 7) is 1.12. The molecular formula is C12H12F2O2. The van der Waals surface area contributed by atoms with Gasteiger partial charge in [0.05, 0.1) is 5.56 Å². The Kier molecular flexibility index (Phi) is 3.29. The fourth-order valence-corrected chi connectivity index (χ4v) is 1.87. The van der Waals surface area contributed by atoms with Crippen LogP contribution in [0.15, 0.2) is 18.2 Å². The van der Waals surface area contributed by atoms with Crippen LogP contribution in [0.4, 0.5) is 8.78 Å². The highest BCUT2D eigenvalue weighted by atomic mass is 19.1. The summed E-state index contributed by atoms with van der Waals surface area (Å²) < 4.78 is 31.7. The lowest BCUT2D eigenvalue weighted by Crippen LogP contribution is -2.12. The van der Waals surface area contributed by atoms with Crippen molar-refractivity contribution in [1.82, 2.24) is 0 Å². The molecule has 1 atom stereocenters. The average molecular weight is 226 g/mol. The van der Waals surface area contributed by atoms with Crippen LogP contribution >= 0.6 is 0 Å². The monoisotopic (exact) mass is 226 g/mol. The second-order valence-electron chi connectivity index (χ2n) is 3.95. The van der Waals surface area contributed by atoms with E-state index in [-0.39, 0.29) is 12.3 Å². The van der Waals surface area contributed by atoms with Crippen molar-refractivity contribution in [2.24, 2.45) is 5.92 Å². The number of rotatable bonds is 3. The van der Waals surface area contributed by atoms with Crippen LogP contribution in [0.5, 0.6) is 0 Å². The van der Waals surface area contributed by atoms with E-state index in [0.29, 0.717) is 13.2 Å². The van der Waals surface area contributed by atoms with Gasteiger partial charge in [-0.1, -0.05) is 6.07 Å². The van der Waals surface area contributed by atoms with Crippen molar-refractivity contribution in [3.63, 3.8) is 0 Å². The first-order valence-electron chi connectivity index (χ1n) is 5.23. The Morgan fingerprint density at radius 3 is 2.62 bits per heavy atom. The lowest BCUT2D eigenvalue weighted by atomic mass is 9.97. The molecule has 16 heavy (non-hydrogen) atoms. The SMILES string of the molecule is O=C(CC1CCOC1)c1c(F)cccc1F. The van der Waals surface area contributed by atoms with Gasteiger partial charge in [0.15, 0.2) is 5.78 Å². The molecule has 0 amide bonds. The van der Waals surface area contributed by atoms with E-state index >= 15 is 0 Å². The van der Waals surface area contributed by atoms with Gasteiger partial charge in [0.2, 0.25) is 0 Å². The molecule has 1 aromatic carbocycles. The molecule has 2 rings (SSSR count). The van der Waals surface area contributed by atoms with Gasteiger partial charge in [-0.25, -0.2) is 8.78 Å². The van der Waals surface area contributed by atoms with Crippen LogP contribution in [0, 0.1) is 17.6 Å². The molecule has 1 aliphatic rings. The summed E-state index contributed by atoms with van der Waals surface area (Å²) in [5, 5.41) is 0. The molecule has 0 spiro atoms. The summed E-state index contributed by atoms with van der Waals surface area (Å²) in [4.78, 5) is 11.7. The van der Waals surface area contributed by atoms with Crippen molar-refractivity contribution >= 4 is 5.78 Å². The van der Waals surface area contributed by atoms with Gasteiger partial charge in [-0.3, -0.25) is 4.79 Å². The Morgan fingerprint density at radius 2 is 2.06 bits per heavy atom. The molecule has 1 unspecified atom stereocenters. The molecule has 1 saturated heterocycles. The minimum Gasteiger partial charge on any atom is -0.381 e. The van der Waals surface area contributed by atoms with Crippen LogP contribution in [-0.4, -0.2) is 19.0 Å². The van der Waals surface area contributed by atoms with Gasteiger partial charge < -0.3 is 4.74 Å². The Hall–Kier alpha value is -1.29. The number of ketones is 1. The number of carbonyl (C=O) groups is 1. The van der Waals surface area contributed by atoms with Crippen molar-refractivity contribution in [2.45, 2.75) is 12.8 Å². The number of hydrogen-bond donors (Lipinski definition) is 0. The summed E-state index contributed by atoms with van der Waals surface area (Å²) in [6, 6.07) is 3.45. The van der Waals surface area contributed by atoms with Gasteiger partial charge in [-0.2, -0.15) is 0 Å². The van der Waals surface area contributed by atoms with Gasteiger partial charge in [0.1, 0.15) is 11.6 Å². The smallest absolute Gasteiger partial charge is 0.169 e. The topological polar surface area (TPSA) is 26.3 Å². The number of hydrogen-bond acceptors (Lipinski definition) is 2. The van der Waals surface area contributed by atoms with Crippen molar-refractivity contribution in [1.29, 1.82) is 0 Å². The number of halogens is 2. The number of ether oxygens (including phenoxy) is 1. The van der Waals surface area contributed by atoms with Gasteiger partial charge in [0, 0.05) is 19.6 Å². The van der Waals surface area contributed by atoms with E-state index in [2.05, 4.69) is 0 Å². The van der Waals surface area contributed by atoms with E-state index in [1.54, 1.807) is 0 Å². The third-order valence-electron chi connectivity index (χ3n) is 2.74. The van der Waals surface area contributed by atoms with E-state index in [1.165, 1.54) is 6.07 Å². The zero-order chi connectivity index (χ0) is 11.5. The molecule has 1 fully saturated rings. The summed E-state index contributed by atoms with van der Waals surface area (Å²) >= 11 is 0. The second kappa shape index (κ2) is 4.70. The minimum absolute atomic E-state index is 0.0894. The third kappa shape index (κ3) is 2.27. The quantitative estimate of drug-likeness (QED) is 0.740. The molecule has 1 heterocycles. The molecule has 0 saturated carbocycles. The first kappa shape index (κ1) is 11.2. The van der Waals surface area contributed by atoms with Crippen LogP contribution in [0.2, 0.25) is 0 Å². The lowest BCUT2D eigenvalue weighted by Gasteiger charge is -2.07. The first-order valence-corrected chi connectivity index (χ1v) is 5.23. The zero-order valence-electron chi connectivity index (χ0n) is 8.71. The van der Waals surface area contributed by atoms with Gasteiger partial charge in [-0.05, 0) is 24.5 Å². The molecule has 2 nitrogen and oxygen atoms in total. The average Bonchev–Trinajstić information content (AvgIpc) is 2.70. The van der Waals surface area contributed by atoms with Crippen LogP contribution in [0.3, 0.4) is 0 Å². The molecule has 86 valence electrons. The predicted octanol–water partition coefficient (Wildman–Crippen LogP) is 2.57. The van der Waals surface area contributed by atoms with Crippen LogP contribution < -0.4 is 0 Å². The van der Waals surface area contributed by atoms with Crippen molar-refractivity contribution in [2.75, 3.05) is 13.2 Å². The Bertz CT molecular complexity index is 378. The highest BCUT2D eigenvalue weighted by molar-refractivity contribution is 5.96. The second-order valence-corrected chi connectivity index (χ2v) is 3.95. The van der Waals surface area contributed by atoms with E-state index < -0.39 is 23.0 Å². The molecule has 0 aromatic heterocycles. The van der Waals surface area contributed by atoms with Crippen molar-refractivity contribution < 1.29 is 18.3 Å². The van der Waals surface area contributed by atoms with Gasteiger partial charge >= 0.3 is 0 Å². The van der Waals surface area contributed by atoms with E-state index in [9.17, 15) is 13.6 Å². The van der Waals surface area contributed by atoms with Crippen LogP contribution in [-0.2, 0) is 4.74 Å². The fraction of sp³-hybridized carbons (Fsp3) is 0.417. The van der Waals surface area contributed by atoms with Crippen molar-refractivity contribution in [3.8, 4) is 0 Å². The highest BCUT2D eigenvalue weighted by Gasteiger charge is 2.23. The number of carbonyl (C=O) groups excluding carboxylic acids is 1. The number of benzene rings is 1. The molecular weight excluding hydrogens is 214 g/mol. The van der Waals surface area contributed by atoms with Crippen LogP contribution in [0.25, 0.3) is 0 Å². The van der Waals surface area contributed by atoms with E-state index in [4.69, 9.17) is 4.74 Å². The highest BCUT2D eigenvalue weighted by Crippen LogP contribution is 2.21. The molecule has 0 aliphatic carbocycles. The summed E-state index contributed by atoms with van der Waals surface area (Å²) in [7, 11) is 0. The zero-order valence-corrected chi connectivity index (χ0v) is 8.71. The molecule has 1 aromatic rings. The maximum atomic E-state index is 13.3. The molecule has 0 radical (unpaired) electrons. The lowest BCUT2D eigenvalue weighted by molar-refractivity contribution is 0.0944. The van der Waals surface area contributed by atoms with Gasteiger partial charge in [-0.15, -0.1) is 0 Å². The molecule has 0 bridgehead atoms. The number of Topliss-reactive ketones (excluding diaryl/α,β-unsaturated/α-hetero) is 1. The van der Waals surface area contributed by atoms with Crippen LogP contribution in [0.1, 0.15) is 23.2 Å². The maximum Gasteiger partial charge on any atom is 0.169 e. The molecule has 1 aliphatic heterocycles. The molecule has 4 heteroatoms. The Morgan fingerprint density at radius 1 is 1.38 bits per heavy atom. The normalized spacial score (nSPS) is 20.0. The maximum absolute atomic E-state index is 13.3. The van der Waals surface area contributed by atoms with E-state index in [0.717, 1.165) is 18.6 Å². The largest absolute Gasteiger partial charge is 0.381 e. The standard InChI is InChI=1S/C12H12F2O2/c13-9-2-1-3-10(14)12(9)11(15)6-8-4-5-16-7-8/h1-3,8H,4-7H2. The van der Waals surface area contributed by atoms with Gasteiger partial charge in [0.25, 0.3) is 0 Å². The first-order chi connectivity index (χ1) is 7.68. The molecule has 0 N–H and O–H groups in total. The third-order valence-corrected chi connectivity index (χ3v) is 2.74. The minimum atomic E-state index is -0.788. The Labute approximate surface area is 92.2 Å². The Balaban J connectivity index is 2.13. The summed E-state index contributed by atoms with van der Waals surface area (Å²) in [6.07, 6.45) is 0.930. The van der Waals surface area contributed by atoms with E-state index in [1.807, 2.05) is 0 Å². The summed E-state index contributed by atoms with van der Waals surface area (Å²) in [5.74, 6) is -1.97. The van der Waals surface area contributed by atoms with Crippen molar-refractivity contribution in [3.05, 3.63) is 35.4 Å². The predicted molar refractivity (Wildman–Crippen MR) is 54.2 cm³/mol. The summed E-state index contributed by atoms with van der Waals surface area (Å²) in [5.41, 5.74) is -0.422. The fourth-order valence-electron chi connectivity index (χ4n) is 1.87.